The molecule has 2 rings (SSSR count). The molecule has 102 valence electrons. The minimum Gasteiger partial charge on any atom is -0.341 e. The first kappa shape index (κ1) is 13.4. The van der Waals surface area contributed by atoms with Crippen LogP contribution in [0.4, 0.5) is 10.5 Å². The Morgan fingerprint density at radius 2 is 2.11 bits per heavy atom. The van der Waals surface area contributed by atoms with E-state index < -0.39 is 6.04 Å². The predicted molar refractivity (Wildman–Crippen MR) is 73.7 cm³/mol. The monoisotopic (exact) mass is 261 g/mol. The molecule has 0 aromatic heterocycles. The second kappa shape index (κ2) is 5.30. The number of rotatable bonds is 1. The second-order valence-electron chi connectivity index (χ2n) is 5.02. The van der Waals surface area contributed by atoms with Gasteiger partial charge >= 0.3 is 6.03 Å². The van der Waals surface area contributed by atoms with Gasteiger partial charge in [-0.25, -0.2) is 4.79 Å². The van der Waals surface area contributed by atoms with Crippen molar-refractivity contribution < 1.29 is 9.59 Å². The first-order valence-electron chi connectivity index (χ1n) is 6.41. The number of nitrogens with zero attached hydrogens (tertiary/aromatic N) is 1. The normalized spacial score (nSPS) is 18.6. The Bertz CT molecular complexity index is 499. The summed E-state index contributed by atoms with van der Waals surface area (Å²) < 4.78 is 0. The molecule has 1 aromatic rings. The van der Waals surface area contributed by atoms with E-state index >= 15 is 0 Å². The quantitative estimate of drug-likeness (QED) is 0.810. The molecular weight excluding hydrogens is 242 g/mol. The first-order chi connectivity index (χ1) is 9.04. The standard InChI is InChI=1S/C14H19N3O2/c1-9(2)12-13(18)16-11-7-5-4-6-10(11)8-17(12)14(19)15-3/h4-7,9,12H,8H2,1-3H3,(H,15,19)(H,16,18)/t12-/m0/s1. The van der Waals surface area contributed by atoms with Gasteiger partial charge in [-0.15, -0.1) is 0 Å². The highest BCUT2D eigenvalue weighted by atomic mass is 16.2. The lowest BCUT2D eigenvalue weighted by Crippen LogP contribution is -2.51. The summed E-state index contributed by atoms with van der Waals surface area (Å²) >= 11 is 0. The molecule has 0 spiro atoms. The molecular formula is C14H19N3O2. The van der Waals surface area contributed by atoms with Crippen molar-refractivity contribution in [2.75, 3.05) is 12.4 Å². The maximum Gasteiger partial charge on any atom is 0.318 e. The molecule has 2 N–H and O–H groups in total. The maximum absolute atomic E-state index is 12.3. The van der Waals surface area contributed by atoms with Gasteiger partial charge in [0, 0.05) is 12.7 Å². The number of carbonyl (C=O) groups excluding carboxylic acids is 2. The van der Waals surface area contributed by atoms with Crippen LogP contribution in [0.2, 0.25) is 0 Å². The molecule has 0 aliphatic carbocycles. The van der Waals surface area contributed by atoms with Crippen molar-refractivity contribution in [3.63, 3.8) is 0 Å². The number of hydrogen-bond donors (Lipinski definition) is 2. The van der Waals surface area contributed by atoms with Gasteiger partial charge in [-0.1, -0.05) is 32.0 Å². The Morgan fingerprint density at radius 1 is 1.42 bits per heavy atom. The maximum atomic E-state index is 12.3. The highest BCUT2D eigenvalue weighted by Gasteiger charge is 2.35. The van der Waals surface area contributed by atoms with Gasteiger partial charge in [0.05, 0.1) is 6.54 Å². The van der Waals surface area contributed by atoms with E-state index in [0.717, 1.165) is 11.3 Å². The van der Waals surface area contributed by atoms with Crippen molar-refractivity contribution in [3.8, 4) is 0 Å². The van der Waals surface area contributed by atoms with Crippen molar-refractivity contribution in [1.82, 2.24) is 10.2 Å². The van der Waals surface area contributed by atoms with Crippen molar-refractivity contribution in [2.24, 2.45) is 5.92 Å². The summed E-state index contributed by atoms with van der Waals surface area (Å²) in [5.74, 6) is -0.0878. The van der Waals surface area contributed by atoms with Crippen LogP contribution in [-0.4, -0.2) is 29.9 Å². The minimum absolute atomic E-state index is 0.0478. The summed E-state index contributed by atoms with van der Waals surface area (Å²) in [7, 11) is 1.58. The molecule has 5 heteroatoms. The molecule has 1 heterocycles. The Hall–Kier alpha value is -2.04. The highest BCUT2D eigenvalue weighted by molar-refractivity contribution is 5.98. The van der Waals surface area contributed by atoms with Crippen LogP contribution in [0.3, 0.4) is 0 Å². The van der Waals surface area contributed by atoms with Crippen LogP contribution >= 0.6 is 0 Å². The van der Waals surface area contributed by atoms with E-state index in [-0.39, 0.29) is 17.9 Å². The van der Waals surface area contributed by atoms with Crippen molar-refractivity contribution in [2.45, 2.75) is 26.4 Å². The lowest BCUT2D eigenvalue weighted by atomic mass is 10.0. The van der Waals surface area contributed by atoms with Gasteiger partial charge in [-0.3, -0.25) is 4.79 Å². The molecule has 0 bridgehead atoms. The zero-order valence-electron chi connectivity index (χ0n) is 11.4. The van der Waals surface area contributed by atoms with Crippen LogP contribution in [0.1, 0.15) is 19.4 Å². The molecule has 1 aliphatic heterocycles. The summed E-state index contributed by atoms with van der Waals surface area (Å²) in [6.45, 7) is 4.31. The fraction of sp³-hybridized carbons (Fsp3) is 0.429. The molecule has 0 fully saturated rings. The third kappa shape index (κ3) is 2.54. The molecule has 1 atom stereocenters. The van der Waals surface area contributed by atoms with E-state index in [1.165, 1.54) is 0 Å². The van der Waals surface area contributed by atoms with Crippen molar-refractivity contribution in [1.29, 1.82) is 0 Å². The molecule has 5 nitrogen and oxygen atoms in total. The average Bonchev–Trinajstić information content (AvgIpc) is 2.53. The third-order valence-corrected chi connectivity index (χ3v) is 3.33. The van der Waals surface area contributed by atoms with E-state index in [1.54, 1.807) is 11.9 Å². The lowest BCUT2D eigenvalue weighted by molar-refractivity contribution is -0.121. The number of amides is 3. The molecule has 19 heavy (non-hydrogen) atoms. The fourth-order valence-corrected chi connectivity index (χ4v) is 2.41. The van der Waals surface area contributed by atoms with Gasteiger partial charge in [0.15, 0.2) is 0 Å². The first-order valence-corrected chi connectivity index (χ1v) is 6.41. The number of nitrogens with one attached hydrogen (secondary N) is 2. The van der Waals surface area contributed by atoms with Crippen LogP contribution in [0.5, 0.6) is 0 Å². The Balaban J connectivity index is 2.43. The largest absolute Gasteiger partial charge is 0.341 e. The van der Waals surface area contributed by atoms with Gasteiger partial charge in [0.2, 0.25) is 5.91 Å². The molecule has 1 aliphatic rings. The number of carbonyl (C=O) groups is 2. The van der Waals surface area contributed by atoms with Gasteiger partial charge in [0.25, 0.3) is 0 Å². The second-order valence-corrected chi connectivity index (χ2v) is 5.02. The number of urea groups is 1. The average molecular weight is 261 g/mol. The van der Waals surface area contributed by atoms with Crippen LogP contribution in [0, 0.1) is 5.92 Å². The van der Waals surface area contributed by atoms with Crippen LogP contribution in [0.15, 0.2) is 24.3 Å². The molecule has 3 amide bonds. The molecule has 1 aromatic carbocycles. The van der Waals surface area contributed by atoms with E-state index in [9.17, 15) is 9.59 Å². The number of anilines is 1. The van der Waals surface area contributed by atoms with Crippen molar-refractivity contribution >= 4 is 17.6 Å². The van der Waals surface area contributed by atoms with Crippen LogP contribution in [0.25, 0.3) is 0 Å². The lowest BCUT2D eigenvalue weighted by Gasteiger charge is -2.30. The molecule has 0 saturated heterocycles. The minimum atomic E-state index is -0.465. The predicted octanol–water partition coefficient (Wildman–Crippen LogP) is 1.80. The topological polar surface area (TPSA) is 61.4 Å². The van der Waals surface area contributed by atoms with Gasteiger partial charge in [-0.2, -0.15) is 0 Å². The molecule has 0 saturated carbocycles. The van der Waals surface area contributed by atoms with Gasteiger partial charge < -0.3 is 15.5 Å². The van der Waals surface area contributed by atoms with Gasteiger partial charge in [0.1, 0.15) is 6.04 Å². The summed E-state index contributed by atoms with van der Waals surface area (Å²) in [6, 6.07) is 6.87. The van der Waals surface area contributed by atoms with Crippen LogP contribution in [-0.2, 0) is 11.3 Å². The Morgan fingerprint density at radius 3 is 2.74 bits per heavy atom. The van der Waals surface area contributed by atoms with Crippen LogP contribution < -0.4 is 10.6 Å². The summed E-state index contributed by atoms with van der Waals surface area (Å²) in [5.41, 5.74) is 1.73. The van der Waals surface area contributed by atoms with Gasteiger partial charge in [-0.05, 0) is 17.5 Å². The summed E-state index contributed by atoms with van der Waals surface area (Å²) in [4.78, 5) is 25.9. The molecule has 0 unspecified atom stereocenters. The highest BCUT2D eigenvalue weighted by Crippen LogP contribution is 2.25. The van der Waals surface area contributed by atoms with E-state index in [2.05, 4.69) is 10.6 Å². The SMILES string of the molecule is CNC(=O)N1Cc2ccccc2NC(=O)[C@@H]1C(C)C. The number of hydrogen-bond acceptors (Lipinski definition) is 2. The molecule has 0 radical (unpaired) electrons. The summed E-state index contributed by atoms with van der Waals surface area (Å²) in [5, 5.41) is 5.51. The Labute approximate surface area is 113 Å². The van der Waals surface area contributed by atoms with Crippen molar-refractivity contribution in [3.05, 3.63) is 29.8 Å². The Kier molecular flexibility index (Phi) is 3.74. The zero-order valence-corrected chi connectivity index (χ0v) is 11.4. The fourth-order valence-electron chi connectivity index (χ4n) is 2.41. The zero-order chi connectivity index (χ0) is 14.0. The summed E-state index contributed by atoms with van der Waals surface area (Å²) in [6.07, 6.45) is 0. The number of para-hydroxylation sites is 1. The van der Waals surface area contributed by atoms with E-state index in [1.807, 2.05) is 38.1 Å². The smallest absolute Gasteiger partial charge is 0.318 e. The van der Waals surface area contributed by atoms with E-state index in [0.29, 0.717) is 6.54 Å². The number of fused-ring (bicyclic) bond motifs is 1. The van der Waals surface area contributed by atoms with E-state index in [4.69, 9.17) is 0 Å². The third-order valence-electron chi connectivity index (χ3n) is 3.33. The number of benzene rings is 1.